The predicted octanol–water partition coefficient (Wildman–Crippen LogP) is 1.73. The molecule has 3 nitrogen and oxygen atoms in total. The first-order valence-corrected chi connectivity index (χ1v) is 5.75. The minimum atomic E-state index is -0.397. The Balaban J connectivity index is 2.45. The number of hydrogen-bond acceptors (Lipinski definition) is 3. The maximum absolute atomic E-state index is 9.34. The monoisotopic (exact) mass is 223 g/mol. The van der Waals surface area contributed by atoms with Crippen LogP contribution in [-0.2, 0) is 6.42 Å². The summed E-state index contributed by atoms with van der Waals surface area (Å²) >= 11 is 0. The molecule has 0 radical (unpaired) electrons. The summed E-state index contributed by atoms with van der Waals surface area (Å²) in [7, 11) is 0. The van der Waals surface area contributed by atoms with Crippen LogP contribution in [0.3, 0.4) is 0 Å². The molecule has 0 bridgehead atoms. The van der Waals surface area contributed by atoms with Crippen LogP contribution in [0.15, 0.2) is 24.3 Å². The number of aliphatic hydroxyl groups is 1. The van der Waals surface area contributed by atoms with Gasteiger partial charge in [-0.25, -0.2) is 0 Å². The molecule has 1 unspecified atom stereocenters. The third-order valence-corrected chi connectivity index (χ3v) is 2.33. The summed E-state index contributed by atoms with van der Waals surface area (Å²) < 4.78 is 5.55. The number of aryl methyl sites for hydroxylation is 1. The van der Waals surface area contributed by atoms with Crippen LogP contribution in [0.1, 0.15) is 25.8 Å². The molecule has 3 N–H and O–H groups in total. The van der Waals surface area contributed by atoms with E-state index in [1.54, 1.807) is 0 Å². The predicted molar refractivity (Wildman–Crippen MR) is 65.6 cm³/mol. The van der Waals surface area contributed by atoms with Crippen molar-refractivity contribution in [3.8, 4) is 5.75 Å². The smallest absolute Gasteiger partial charge is 0.119 e. The molecule has 0 amide bonds. The van der Waals surface area contributed by atoms with E-state index in [0.29, 0.717) is 13.0 Å². The Bertz CT molecular complexity index is 295. The number of nitrogens with two attached hydrogens (primary N) is 1. The van der Waals surface area contributed by atoms with Gasteiger partial charge in [0.1, 0.15) is 5.75 Å². The highest BCUT2D eigenvalue weighted by molar-refractivity contribution is 5.27. The van der Waals surface area contributed by atoms with Gasteiger partial charge in [-0.05, 0) is 44.4 Å². The van der Waals surface area contributed by atoms with Crippen molar-refractivity contribution >= 4 is 0 Å². The van der Waals surface area contributed by atoms with E-state index >= 15 is 0 Å². The maximum Gasteiger partial charge on any atom is 0.119 e. The molecule has 0 aliphatic rings. The molecule has 0 aromatic heterocycles. The molecule has 90 valence electrons. The molecule has 0 aliphatic carbocycles. The molecule has 0 aliphatic heterocycles. The van der Waals surface area contributed by atoms with Crippen LogP contribution in [0.2, 0.25) is 0 Å². The standard InChI is InChI=1S/C13H21NO2/c1-10(2)16-13-7-4-11(5-8-13)3-6-12(15)9-14/h4-5,7-8,10,12,15H,3,6,9,14H2,1-2H3. The number of rotatable bonds is 6. The van der Waals surface area contributed by atoms with Gasteiger partial charge in [0, 0.05) is 6.54 Å². The minimum Gasteiger partial charge on any atom is -0.491 e. The van der Waals surface area contributed by atoms with Crippen LogP contribution in [0.25, 0.3) is 0 Å². The average Bonchev–Trinajstić information content (AvgIpc) is 2.27. The maximum atomic E-state index is 9.34. The quantitative estimate of drug-likeness (QED) is 0.772. The van der Waals surface area contributed by atoms with Crippen LogP contribution in [0.5, 0.6) is 5.75 Å². The molecule has 0 heterocycles. The normalized spacial score (nSPS) is 12.8. The second-order valence-corrected chi connectivity index (χ2v) is 4.24. The van der Waals surface area contributed by atoms with Crippen molar-refractivity contribution in [1.29, 1.82) is 0 Å². The van der Waals surface area contributed by atoms with Gasteiger partial charge in [0.05, 0.1) is 12.2 Å². The zero-order valence-electron chi connectivity index (χ0n) is 10.0. The van der Waals surface area contributed by atoms with E-state index in [9.17, 15) is 5.11 Å². The van der Waals surface area contributed by atoms with Gasteiger partial charge < -0.3 is 15.6 Å². The van der Waals surface area contributed by atoms with Gasteiger partial charge >= 0.3 is 0 Å². The topological polar surface area (TPSA) is 55.5 Å². The van der Waals surface area contributed by atoms with E-state index in [1.807, 2.05) is 38.1 Å². The highest BCUT2D eigenvalue weighted by Crippen LogP contribution is 2.15. The summed E-state index contributed by atoms with van der Waals surface area (Å²) in [5.41, 5.74) is 6.54. The van der Waals surface area contributed by atoms with Gasteiger partial charge in [0.2, 0.25) is 0 Å². The lowest BCUT2D eigenvalue weighted by atomic mass is 10.1. The molecule has 1 atom stereocenters. The van der Waals surface area contributed by atoms with Gasteiger partial charge in [-0.3, -0.25) is 0 Å². The van der Waals surface area contributed by atoms with E-state index in [-0.39, 0.29) is 6.10 Å². The van der Waals surface area contributed by atoms with Crippen molar-refractivity contribution in [3.05, 3.63) is 29.8 Å². The van der Waals surface area contributed by atoms with Crippen molar-refractivity contribution in [3.63, 3.8) is 0 Å². The van der Waals surface area contributed by atoms with Crippen LogP contribution in [0.4, 0.5) is 0 Å². The fraction of sp³-hybridized carbons (Fsp3) is 0.538. The molecule has 1 rings (SSSR count). The highest BCUT2D eigenvalue weighted by atomic mass is 16.5. The van der Waals surface area contributed by atoms with Crippen LogP contribution < -0.4 is 10.5 Å². The van der Waals surface area contributed by atoms with E-state index in [1.165, 1.54) is 5.56 Å². The number of aliphatic hydroxyl groups excluding tert-OH is 1. The lowest BCUT2D eigenvalue weighted by Gasteiger charge is -2.11. The first-order chi connectivity index (χ1) is 7.61. The van der Waals surface area contributed by atoms with Gasteiger partial charge in [-0.1, -0.05) is 12.1 Å². The summed E-state index contributed by atoms with van der Waals surface area (Å²) in [6.45, 7) is 4.34. The molecule has 0 saturated carbocycles. The van der Waals surface area contributed by atoms with Crippen molar-refractivity contribution in [2.75, 3.05) is 6.54 Å². The van der Waals surface area contributed by atoms with Gasteiger partial charge in [0.15, 0.2) is 0 Å². The molecule has 1 aromatic rings. The highest BCUT2D eigenvalue weighted by Gasteiger charge is 2.02. The van der Waals surface area contributed by atoms with E-state index in [4.69, 9.17) is 10.5 Å². The molecular weight excluding hydrogens is 202 g/mol. The van der Waals surface area contributed by atoms with Crippen molar-refractivity contribution < 1.29 is 9.84 Å². The van der Waals surface area contributed by atoms with Crippen LogP contribution >= 0.6 is 0 Å². The lowest BCUT2D eigenvalue weighted by Crippen LogP contribution is -2.20. The van der Waals surface area contributed by atoms with Crippen LogP contribution in [0, 0.1) is 0 Å². The Morgan fingerprint density at radius 1 is 1.25 bits per heavy atom. The lowest BCUT2D eigenvalue weighted by molar-refractivity contribution is 0.173. The fourth-order valence-electron chi connectivity index (χ4n) is 1.46. The molecule has 3 heteroatoms. The zero-order valence-corrected chi connectivity index (χ0v) is 10.0. The summed E-state index contributed by atoms with van der Waals surface area (Å²) in [4.78, 5) is 0. The van der Waals surface area contributed by atoms with Crippen molar-refractivity contribution in [2.45, 2.75) is 38.9 Å². The molecule has 0 spiro atoms. The number of ether oxygens (including phenoxy) is 1. The van der Waals surface area contributed by atoms with E-state index in [0.717, 1.165) is 12.2 Å². The Hall–Kier alpha value is -1.06. The van der Waals surface area contributed by atoms with Crippen molar-refractivity contribution in [2.24, 2.45) is 5.73 Å². The number of benzene rings is 1. The van der Waals surface area contributed by atoms with Crippen molar-refractivity contribution in [1.82, 2.24) is 0 Å². The largest absolute Gasteiger partial charge is 0.491 e. The second-order valence-electron chi connectivity index (χ2n) is 4.24. The summed E-state index contributed by atoms with van der Waals surface area (Å²) in [5.74, 6) is 0.887. The summed E-state index contributed by atoms with van der Waals surface area (Å²) in [6, 6.07) is 7.98. The summed E-state index contributed by atoms with van der Waals surface area (Å²) in [5, 5.41) is 9.34. The second kappa shape index (κ2) is 6.51. The first-order valence-electron chi connectivity index (χ1n) is 5.75. The fourth-order valence-corrected chi connectivity index (χ4v) is 1.46. The molecule has 0 saturated heterocycles. The van der Waals surface area contributed by atoms with E-state index < -0.39 is 6.10 Å². The molecular formula is C13H21NO2. The van der Waals surface area contributed by atoms with E-state index in [2.05, 4.69) is 0 Å². The Labute approximate surface area is 97.2 Å². The first kappa shape index (κ1) is 13.0. The Morgan fingerprint density at radius 2 is 1.88 bits per heavy atom. The van der Waals surface area contributed by atoms with Gasteiger partial charge in [-0.15, -0.1) is 0 Å². The summed E-state index contributed by atoms with van der Waals surface area (Å²) in [6.07, 6.45) is 1.36. The third kappa shape index (κ3) is 4.64. The Kier molecular flexibility index (Phi) is 5.29. The third-order valence-electron chi connectivity index (χ3n) is 2.33. The number of hydrogen-bond donors (Lipinski definition) is 2. The minimum absolute atomic E-state index is 0.199. The van der Waals surface area contributed by atoms with Crippen LogP contribution in [-0.4, -0.2) is 23.9 Å². The Morgan fingerprint density at radius 3 is 2.38 bits per heavy atom. The van der Waals surface area contributed by atoms with Gasteiger partial charge in [0.25, 0.3) is 0 Å². The molecule has 16 heavy (non-hydrogen) atoms. The molecule has 0 fully saturated rings. The average molecular weight is 223 g/mol. The zero-order chi connectivity index (χ0) is 12.0. The SMILES string of the molecule is CC(C)Oc1ccc(CCC(O)CN)cc1. The molecule has 1 aromatic carbocycles. The van der Waals surface area contributed by atoms with Gasteiger partial charge in [-0.2, -0.15) is 0 Å².